The van der Waals surface area contributed by atoms with Crippen molar-refractivity contribution < 1.29 is 19.5 Å². The average Bonchev–Trinajstić information content (AvgIpc) is 2.38. The van der Waals surface area contributed by atoms with E-state index in [4.69, 9.17) is 5.11 Å². The molecule has 0 aromatic heterocycles. The van der Waals surface area contributed by atoms with Crippen LogP contribution in [0.3, 0.4) is 0 Å². The van der Waals surface area contributed by atoms with Gasteiger partial charge in [-0.25, -0.2) is 4.79 Å². The smallest absolute Gasteiger partial charge is 0.326 e. The Balaban J connectivity index is 4.59. The molecule has 8 heteroatoms. The molecular weight excluding hydrogens is 300 g/mol. The van der Waals surface area contributed by atoms with E-state index in [0.717, 1.165) is 0 Å². The van der Waals surface area contributed by atoms with Gasteiger partial charge >= 0.3 is 5.97 Å². The zero-order valence-electron chi connectivity index (χ0n) is 12.0. The second-order valence-corrected chi connectivity index (χ2v) is 6.19. The van der Waals surface area contributed by atoms with E-state index in [0.29, 0.717) is 24.3 Å². The average molecular weight is 322 g/mol. The Morgan fingerprint density at radius 3 is 1.90 bits per heavy atom. The number of aliphatic carboxylic acids is 1. The molecule has 0 rings (SSSR count). The standard InChI is InChI=1S/C12H22N2O4S2/c1-8(15)13-9(4-6-19-2)11(16)14-10(12(17)18)5-7-20-3/h9-10H,4-7H2,1-3H3,(H,13,15)(H,14,16)(H,17,18)/t9?,10-/m1/s1. The normalized spacial score (nSPS) is 13.3. The van der Waals surface area contributed by atoms with Crippen molar-refractivity contribution in [2.45, 2.75) is 31.8 Å². The summed E-state index contributed by atoms with van der Waals surface area (Å²) in [4.78, 5) is 34.2. The molecule has 0 aromatic rings. The third-order valence-electron chi connectivity index (χ3n) is 2.53. The first-order valence-corrected chi connectivity index (χ1v) is 8.99. The van der Waals surface area contributed by atoms with Gasteiger partial charge in [-0.05, 0) is 36.9 Å². The SMILES string of the molecule is CSCCC(NC(C)=O)C(=O)N[C@H](CCSC)C(=O)O. The van der Waals surface area contributed by atoms with Crippen molar-refractivity contribution >= 4 is 41.3 Å². The van der Waals surface area contributed by atoms with Crippen LogP contribution < -0.4 is 10.6 Å². The summed E-state index contributed by atoms with van der Waals surface area (Å²) in [6, 6.07) is -1.60. The van der Waals surface area contributed by atoms with Crippen LogP contribution in [-0.4, -0.2) is 59.0 Å². The third-order valence-corrected chi connectivity index (χ3v) is 3.82. The first kappa shape index (κ1) is 19.1. The maximum absolute atomic E-state index is 12.1. The van der Waals surface area contributed by atoms with E-state index in [-0.39, 0.29) is 5.91 Å². The van der Waals surface area contributed by atoms with Gasteiger partial charge in [0, 0.05) is 6.92 Å². The molecule has 0 saturated carbocycles. The minimum absolute atomic E-state index is 0.303. The van der Waals surface area contributed by atoms with Gasteiger partial charge in [-0.2, -0.15) is 23.5 Å². The molecule has 0 fully saturated rings. The predicted molar refractivity (Wildman–Crippen MR) is 83.2 cm³/mol. The minimum atomic E-state index is -1.06. The number of carbonyl (C=O) groups is 3. The molecule has 6 nitrogen and oxygen atoms in total. The summed E-state index contributed by atoms with van der Waals surface area (Å²) < 4.78 is 0. The van der Waals surface area contributed by atoms with Gasteiger partial charge in [0.2, 0.25) is 11.8 Å². The molecule has 0 bridgehead atoms. The van der Waals surface area contributed by atoms with Gasteiger partial charge in [-0.3, -0.25) is 9.59 Å². The Morgan fingerprint density at radius 2 is 1.50 bits per heavy atom. The van der Waals surface area contributed by atoms with Crippen molar-refractivity contribution in [2.75, 3.05) is 24.0 Å². The molecule has 0 spiro atoms. The summed E-state index contributed by atoms with van der Waals surface area (Å²) in [5.41, 5.74) is 0. The van der Waals surface area contributed by atoms with Crippen molar-refractivity contribution in [1.29, 1.82) is 0 Å². The summed E-state index contributed by atoms with van der Waals surface area (Å²) in [5, 5.41) is 14.1. The fourth-order valence-corrected chi connectivity index (χ4v) is 2.46. The van der Waals surface area contributed by atoms with Crippen molar-refractivity contribution in [3.8, 4) is 0 Å². The lowest BCUT2D eigenvalue weighted by Crippen LogP contribution is -2.51. The fraction of sp³-hybridized carbons (Fsp3) is 0.750. The molecular formula is C12H22N2O4S2. The summed E-state index contributed by atoms with van der Waals surface area (Å²) in [6.07, 6.45) is 4.61. The first-order chi connectivity index (χ1) is 9.42. The summed E-state index contributed by atoms with van der Waals surface area (Å²) in [6.45, 7) is 1.34. The second kappa shape index (κ2) is 10.8. The molecule has 0 aliphatic rings. The first-order valence-electron chi connectivity index (χ1n) is 6.20. The zero-order valence-corrected chi connectivity index (χ0v) is 13.6. The quantitative estimate of drug-likeness (QED) is 0.544. The number of carboxylic acid groups (broad SMARTS) is 1. The van der Waals surface area contributed by atoms with Crippen molar-refractivity contribution in [3.05, 3.63) is 0 Å². The number of amides is 2. The molecule has 0 saturated heterocycles. The van der Waals surface area contributed by atoms with Crippen LogP contribution in [0.25, 0.3) is 0 Å². The second-order valence-electron chi connectivity index (χ2n) is 4.22. The van der Waals surface area contributed by atoms with Gasteiger partial charge in [-0.15, -0.1) is 0 Å². The van der Waals surface area contributed by atoms with Crippen molar-refractivity contribution in [2.24, 2.45) is 0 Å². The van der Waals surface area contributed by atoms with E-state index in [2.05, 4.69) is 10.6 Å². The molecule has 0 aromatic carbocycles. The van der Waals surface area contributed by atoms with Crippen LogP contribution in [0, 0.1) is 0 Å². The van der Waals surface area contributed by atoms with E-state index in [1.165, 1.54) is 18.7 Å². The van der Waals surface area contributed by atoms with Crippen LogP contribution in [-0.2, 0) is 14.4 Å². The largest absolute Gasteiger partial charge is 0.480 e. The molecule has 0 aliphatic heterocycles. The van der Waals surface area contributed by atoms with Gasteiger partial charge in [-0.1, -0.05) is 0 Å². The molecule has 3 N–H and O–H groups in total. The van der Waals surface area contributed by atoms with Gasteiger partial charge in [0.15, 0.2) is 0 Å². The summed E-state index contributed by atoms with van der Waals surface area (Å²) in [5.74, 6) is -0.447. The van der Waals surface area contributed by atoms with E-state index >= 15 is 0 Å². The van der Waals surface area contributed by atoms with E-state index < -0.39 is 24.0 Å². The van der Waals surface area contributed by atoms with Crippen molar-refractivity contribution in [1.82, 2.24) is 10.6 Å². The maximum atomic E-state index is 12.1. The molecule has 20 heavy (non-hydrogen) atoms. The number of hydrogen-bond donors (Lipinski definition) is 3. The topological polar surface area (TPSA) is 95.5 Å². The lowest BCUT2D eigenvalue weighted by atomic mass is 10.1. The van der Waals surface area contributed by atoms with Crippen molar-refractivity contribution in [3.63, 3.8) is 0 Å². The summed E-state index contributed by atoms with van der Waals surface area (Å²) >= 11 is 3.08. The lowest BCUT2D eigenvalue weighted by Gasteiger charge is -2.20. The van der Waals surface area contributed by atoms with Crippen LogP contribution >= 0.6 is 23.5 Å². The molecule has 0 heterocycles. The molecule has 116 valence electrons. The monoisotopic (exact) mass is 322 g/mol. The van der Waals surface area contributed by atoms with Gasteiger partial charge in [0.05, 0.1) is 0 Å². The van der Waals surface area contributed by atoms with E-state index in [9.17, 15) is 14.4 Å². The molecule has 2 amide bonds. The van der Waals surface area contributed by atoms with Crippen LogP contribution in [0.1, 0.15) is 19.8 Å². The van der Waals surface area contributed by atoms with E-state index in [1.807, 2.05) is 12.5 Å². The highest BCUT2D eigenvalue weighted by Crippen LogP contribution is 2.04. The Bertz CT molecular complexity index is 339. The number of carboxylic acids is 1. The molecule has 0 aliphatic carbocycles. The molecule has 1 unspecified atom stereocenters. The fourth-order valence-electron chi connectivity index (χ4n) is 1.52. The Hall–Kier alpha value is -0.890. The number of rotatable bonds is 10. The highest BCUT2D eigenvalue weighted by Gasteiger charge is 2.25. The van der Waals surface area contributed by atoms with Gasteiger partial charge in [0.1, 0.15) is 12.1 Å². The van der Waals surface area contributed by atoms with Crippen LogP contribution in [0.5, 0.6) is 0 Å². The van der Waals surface area contributed by atoms with Gasteiger partial charge in [0.25, 0.3) is 0 Å². The Labute approximate surface area is 127 Å². The number of carbonyl (C=O) groups excluding carboxylic acids is 2. The van der Waals surface area contributed by atoms with Gasteiger partial charge < -0.3 is 15.7 Å². The highest BCUT2D eigenvalue weighted by atomic mass is 32.2. The Kier molecular flexibility index (Phi) is 10.4. The zero-order chi connectivity index (χ0) is 15.5. The molecule has 2 atom stereocenters. The lowest BCUT2D eigenvalue weighted by molar-refractivity contribution is -0.142. The van der Waals surface area contributed by atoms with Crippen LogP contribution in [0.2, 0.25) is 0 Å². The highest BCUT2D eigenvalue weighted by molar-refractivity contribution is 7.98. The third kappa shape index (κ3) is 8.31. The number of hydrogen-bond acceptors (Lipinski definition) is 5. The maximum Gasteiger partial charge on any atom is 0.326 e. The summed E-state index contributed by atoms with van der Waals surface area (Å²) in [7, 11) is 0. The predicted octanol–water partition coefficient (Wildman–Crippen LogP) is 0.567. The van der Waals surface area contributed by atoms with Crippen LogP contribution in [0.15, 0.2) is 0 Å². The minimum Gasteiger partial charge on any atom is -0.480 e. The number of thioether (sulfide) groups is 2. The Morgan fingerprint density at radius 1 is 1.00 bits per heavy atom. The molecule has 0 radical (unpaired) electrons. The van der Waals surface area contributed by atoms with Crippen LogP contribution in [0.4, 0.5) is 0 Å². The number of nitrogens with one attached hydrogen (secondary N) is 2. The van der Waals surface area contributed by atoms with E-state index in [1.54, 1.807) is 11.8 Å².